The molecule has 1 aliphatic carbocycles. The van der Waals surface area contributed by atoms with Crippen LogP contribution in [-0.4, -0.2) is 30.5 Å². The van der Waals surface area contributed by atoms with Crippen molar-refractivity contribution in [3.8, 4) is 0 Å². The number of nitrogens with zero attached hydrogens (tertiary/aromatic N) is 5. The highest BCUT2D eigenvalue weighted by molar-refractivity contribution is 6.32. The molecule has 0 unspecified atom stereocenters. The van der Waals surface area contributed by atoms with Gasteiger partial charge in [0.2, 0.25) is 11.9 Å². The van der Waals surface area contributed by atoms with E-state index in [4.69, 9.17) is 11.6 Å². The predicted octanol–water partition coefficient (Wildman–Crippen LogP) is 4.02. The Kier molecular flexibility index (Phi) is 5.27. The molecule has 1 aromatic carbocycles. The summed E-state index contributed by atoms with van der Waals surface area (Å²) in [6.45, 7) is 2.05. The second kappa shape index (κ2) is 7.75. The van der Waals surface area contributed by atoms with Crippen LogP contribution in [0.5, 0.6) is 0 Å². The van der Waals surface area contributed by atoms with E-state index in [1.807, 2.05) is 31.2 Å². The molecule has 1 saturated carbocycles. The van der Waals surface area contributed by atoms with Crippen LogP contribution in [0.1, 0.15) is 41.3 Å². The fourth-order valence-corrected chi connectivity index (χ4v) is 3.51. The molecule has 0 aliphatic heterocycles. The number of rotatable bonds is 6. The number of alkyl halides is 3. The van der Waals surface area contributed by atoms with Gasteiger partial charge in [0, 0.05) is 5.92 Å². The van der Waals surface area contributed by atoms with E-state index in [-0.39, 0.29) is 17.6 Å². The van der Waals surface area contributed by atoms with Crippen LogP contribution < -0.4 is 5.32 Å². The van der Waals surface area contributed by atoms with Gasteiger partial charge in [-0.2, -0.15) is 18.3 Å². The second-order valence-corrected chi connectivity index (χ2v) is 7.66. The van der Waals surface area contributed by atoms with Gasteiger partial charge in [0.1, 0.15) is 12.9 Å². The Morgan fingerprint density at radius 3 is 2.57 bits per heavy atom. The number of anilines is 1. The molecule has 1 aliphatic rings. The number of nitrogens with one attached hydrogen (secondary N) is 1. The van der Waals surface area contributed by atoms with Crippen LogP contribution in [0.15, 0.2) is 30.6 Å². The van der Waals surface area contributed by atoms with Gasteiger partial charge >= 0.3 is 6.18 Å². The first-order chi connectivity index (χ1) is 14.2. The van der Waals surface area contributed by atoms with Crippen LogP contribution in [0.3, 0.4) is 0 Å². The third kappa shape index (κ3) is 4.48. The SMILES string of the molecule is Cc1ccc(Cn2cnc(NC(=O)Cn3nc(C(F)(F)F)c(Cl)c3C3CC3)n2)cc1. The number of carbonyl (C=O) groups is 1. The molecule has 4 rings (SSSR count). The summed E-state index contributed by atoms with van der Waals surface area (Å²) in [5, 5.41) is 9.78. The van der Waals surface area contributed by atoms with E-state index in [2.05, 4.69) is 20.5 Å². The van der Waals surface area contributed by atoms with Gasteiger partial charge in [0.05, 0.1) is 17.3 Å². The van der Waals surface area contributed by atoms with Gasteiger partial charge in [0.15, 0.2) is 5.69 Å². The Morgan fingerprint density at radius 2 is 1.93 bits per heavy atom. The number of amides is 1. The van der Waals surface area contributed by atoms with Crippen molar-refractivity contribution in [2.24, 2.45) is 0 Å². The van der Waals surface area contributed by atoms with Crippen molar-refractivity contribution >= 4 is 23.5 Å². The summed E-state index contributed by atoms with van der Waals surface area (Å²) in [4.78, 5) is 16.4. The van der Waals surface area contributed by atoms with Crippen molar-refractivity contribution in [3.05, 3.63) is 58.1 Å². The minimum absolute atomic E-state index is 0.0642. The van der Waals surface area contributed by atoms with Gasteiger partial charge in [-0.15, -0.1) is 5.10 Å². The Labute approximate surface area is 174 Å². The standard InChI is InChI=1S/C19H18ClF3N6O/c1-11-2-4-12(5-3-11)8-28-10-24-18(27-28)25-14(30)9-29-16(13-6-7-13)15(20)17(26-29)19(21,22)23/h2-5,10,13H,6-9H2,1H3,(H,25,27,30). The molecule has 7 nitrogen and oxygen atoms in total. The lowest BCUT2D eigenvalue weighted by atomic mass is 10.1. The summed E-state index contributed by atoms with van der Waals surface area (Å²) in [6.07, 6.45) is -1.78. The predicted molar refractivity (Wildman–Crippen MR) is 103 cm³/mol. The first-order valence-corrected chi connectivity index (χ1v) is 9.66. The Bertz CT molecular complexity index is 1070. The summed E-state index contributed by atoms with van der Waals surface area (Å²) < 4.78 is 42.0. The van der Waals surface area contributed by atoms with Gasteiger partial charge in [-0.05, 0) is 25.3 Å². The molecular formula is C19H18ClF3N6O. The van der Waals surface area contributed by atoms with Crippen molar-refractivity contribution in [2.75, 3.05) is 5.32 Å². The van der Waals surface area contributed by atoms with Gasteiger partial charge in [-0.1, -0.05) is 41.4 Å². The molecule has 0 spiro atoms. The zero-order valence-corrected chi connectivity index (χ0v) is 16.7. The molecule has 158 valence electrons. The van der Waals surface area contributed by atoms with E-state index >= 15 is 0 Å². The zero-order valence-electron chi connectivity index (χ0n) is 15.9. The molecule has 0 atom stereocenters. The lowest BCUT2D eigenvalue weighted by molar-refractivity contribution is -0.141. The van der Waals surface area contributed by atoms with E-state index in [1.54, 1.807) is 4.68 Å². The van der Waals surface area contributed by atoms with Crippen LogP contribution in [0.4, 0.5) is 19.1 Å². The molecule has 1 N–H and O–H groups in total. The quantitative estimate of drug-likeness (QED) is 0.630. The van der Waals surface area contributed by atoms with Crippen molar-refractivity contribution in [1.29, 1.82) is 0 Å². The maximum absolute atomic E-state index is 13.1. The summed E-state index contributed by atoms with van der Waals surface area (Å²) in [5.74, 6) is -0.631. The summed E-state index contributed by atoms with van der Waals surface area (Å²) in [5.41, 5.74) is 1.24. The number of benzene rings is 1. The molecule has 1 amide bonds. The fourth-order valence-electron chi connectivity index (χ4n) is 3.11. The highest BCUT2D eigenvalue weighted by Crippen LogP contribution is 2.46. The normalized spacial score (nSPS) is 14.2. The topological polar surface area (TPSA) is 77.6 Å². The van der Waals surface area contributed by atoms with E-state index < -0.39 is 29.3 Å². The molecule has 30 heavy (non-hydrogen) atoms. The number of hydrogen-bond donors (Lipinski definition) is 1. The highest BCUT2D eigenvalue weighted by atomic mass is 35.5. The Hall–Kier alpha value is -2.88. The van der Waals surface area contributed by atoms with E-state index in [0.717, 1.165) is 28.7 Å². The number of aromatic nitrogens is 5. The molecule has 2 aromatic heterocycles. The number of hydrogen-bond acceptors (Lipinski definition) is 4. The minimum Gasteiger partial charge on any atom is -0.292 e. The average Bonchev–Trinajstić information content (AvgIpc) is 3.31. The summed E-state index contributed by atoms with van der Waals surface area (Å²) in [7, 11) is 0. The molecule has 2 heterocycles. The molecule has 3 aromatic rings. The third-order valence-electron chi connectivity index (χ3n) is 4.71. The second-order valence-electron chi connectivity index (χ2n) is 7.28. The number of aryl methyl sites for hydroxylation is 1. The van der Waals surface area contributed by atoms with Crippen LogP contribution >= 0.6 is 11.6 Å². The van der Waals surface area contributed by atoms with Crippen molar-refractivity contribution in [2.45, 2.75) is 44.9 Å². The molecule has 0 radical (unpaired) electrons. The third-order valence-corrected chi connectivity index (χ3v) is 5.08. The highest BCUT2D eigenvalue weighted by Gasteiger charge is 2.42. The molecule has 0 saturated heterocycles. The van der Waals surface area contributed by atoms with Crippen LogP contribution in [0.25, 0.3) is 0 Å². The van der Waals surface area contributed by atoms with E-state index in [9.17, 15) is 18.0 Å². The minimum atomic E-state index is -4.68. The van der Waals surface area contributed by atoms with Crippen LogP contribution in [0, 0.1) is 6.92 Å². The smallest absolute Gasteiger partial charge is 0.292 e. The van der Waals surface area contributed by atoms with Gasteiger partial charge in [0.25, 0.3) is 0 Å². The van der Waals surface area contributed by atoms with Crippen LogP contribution in [0.2, 0.25) is 5.02 Å². The Balaban J connectivity index is 1.44. The molecule has 11 heteroatoms. The first-order valence-electron chi connectivity index (χ1n) is 9.29. The summed E-state index contributed by atoms with van der Waals surface area (Å²) >= 11 is 5.92. The van der Waals surface area contributed by atoms with E-state index in [1.165, 1.54) is 6.33 Å². The largest absolute Gasteiger partial charge is 0.436 e. The van der Waals surface area contributed by atoms with E-state index in [0.29, 0.717) is 6.54 Å². The fraction of sp³-hybridized carbons (Fsp3) is 0.368. The lowest BCUT2D eigenvalue weighted by Gasteiger charge is -2.06. The summed E-state index contributed by atoms with van der Waals surface area (Å²) in [6, 6.07) is 7.90. The zero-order chi connectivity index (χ0) is 21.5. The lowest BCUT2D eigenvalue weighted by Crippen LogP contribution is -2.22. The Morgan fingerprint density at radius 1 is 1.23 bits per heavy atom. The number of carbonyl (C=O) groups excluding carboxylic acids is 1. The maximum atomic E-state index is 13.1. The van der Waals surface area contributed by atoms with Crippen molar-refractivity contribution in [1.82, 2.24) is 24.5 Å². The maximum Gasteiger partial charge on any atom is 0.436 e. The average molecular weight is 439 g/mol. The van der Waals surface area contributed by atoms with Gasteiger partial charge < -0.3 is 0 Å². The first kappa shape index (κ1) is 20.4. The number of halogens is 4. The van der Waals surface area contributed by atoms with Crippen molar-refractivity contribution < 1.29 is 18.0 Å². The van der Waals surface area contributed by atoms with Crippen LogP contribution in [-0.2, 0) is 24.1 Å². The van der Waals surface area contributed by atoms with Gasteiger partial charge in [-0.25, -0.2) is 9.67 Å². The van der Waals surface area contributed by atoms with Crippen molar-refractivity contribution in [3.63, 3.8) is 0 Å². The molecular weight excluding hydrogens is 421 g/mol. The molecule has 0 bridgehead atoms. The van der Waals surface area contributed by atoms with Gasteiger partial charge in [-0.3, -0.25) is 14.8 Å². The monoisotopic (exact) mass is 438 g/mol. The molecule has 1 fully saturated rings.